The number of guanidine groups is 1. The molecule has 1 N–H and O–H groups in total. The van der Waals surface area contributed by atoms with Gasteiger partial charge in [-0.05, 0) is 78.3 Å². The van der Waals surface area contributed by atoms with Crippen molar-refractivity contribution in [1.82, 2.24) is 24.9 Å². The largest absolute Gasteiger partial charge is 0.444 e. The Labute approximate surface area is 260 Å². The number of carbonyl (C=O) groups excluding carboxylic acids is 2. The van der Waals surface area contributed by atoms with Crippen molar-refractivity contribution in [3.63, 3.8) is 0 Å². The Morgan fingerprint density at radius 3 is 2.48 bits per heavy atom. The van der Waals surface area contributed by atoms with Crippen molar-refractivity contribution in [3.05, 3.63) is 36.4 Å². The van der Waals surface area contributed by atoms with Crippen molar-refractivity contribution in [2.24, 2.45) is 4.99 Å². The van der Waals surface area contributed by atoms with Crippen LogP contribution in [0.2, 0.25) is 0 Å². The van der Waals surface area contributed by atoms with Crippen LogP contribution in [0, 0.1) is 0 Å². The average molecular weight is 609 g/mol. The molecule has 0 bridgehead atoms. The van der Waals surface area contributed by atoms with Gasteiger partial charge < -0.3 is 23.5 Å². The minimum absolute atomic E-state index is 0.0182. The van der Waals surface area contributed by atoms with E-state index in [-0.39, 0.29) is 5.96 Å². The molecular formula is C33H48N6O5. The number of aryl methyl sites for hydroxylation is 1. The van der Waals surface area contributed by atoms with Gasteiger partial charge in [-0.15, -0.1) is 4.99 Å². The number of fused-ring (bicyclic) bond motifs is 1. The Bertz CT molecular complexity index is 1440. The molecule has 0 aliphatic carbocycles. The van der Waals surface area contributed by atoms with Crippen LogP contribution in [0.15, 0.2) is 40.0 Å². The maximum absolute atomic E-state index is 12.7. The highest BCUT2D eigenvalue weighted by Gasteiger charge is 2.35. The van der Waals surface area contributed by atoms with Gasteiger partial charge in [0.1, 0.15) is 17.2 Å². The maximum Gasteiger partial charge on any atom is 0.437 e. The van der Waals surface area contributed by atoms with E-state index >= 15 is 0 Å². The summed E-state index contributed by atoms with van der Waals surface area (Å²) in [6, 6.07) is 7.92. The lowest BCUT2D eigenvalue weighted by Crippen LogP contribution is -2.46. The van der Waals surface area contributed by atoms with Gasteiger partial charge in [0, 0.05) is 30.4 Å². The maximum atomic E-state index is 12.7. The Morgan fingerprint density at radius 2 is 1.75 bits per heavy atom. The highest BCUT2D eigenvalue weighted by Crippen LogP contribution is 2.33. The smallest absolute Gasteiger partial charge is 0.437 e. The van der Waals surface area contributed by atoms with Gasteiger partial charge in [0.05, 0.1) is 0 Å². The van der Waals surface area contributed by atoms with E-state index in [1.165, 1.54) is 37.5 Å². The summed E-state index contributed by atoms with van der Waals surface area (Å²) >= 11 is 0. The Morgan fingerprint density at radius 1 is 1.02 bits per heavy atom. The van der Waals surface area contributed by atoms with Gasteiger partial charge in [-0.1, -0.05) is 56.3 Å². The first-order chi connectivity index (χ1) is 20.8. The fourth-order valence-corrected chi connectivity index (χ4v) is 5.28. The molecule has 240 valence electrons. The van der Waals surface area contributed by atoms with Gasteiger partial charge in [0.25, 0.3) is 0 Å². The molecule has 2 amide bonds. The third kappa shape index (κ3) is 9.30. The van der Waals surface area contributed by atoms with Crippen LogP contribution < -0.4 is 5.32 Å². The van der Waals surface area contributed by atoms with Crippen molar-refractivity contribution in [2.45, 2.75) is 124 Å². The molecule has 3 heterocycles. The van der Waals surface area contributed by atoms with Gasteiger partial charge in [-0.3, -0.25) is 5.32 Å². The number of carbonyl (C=O) groups is 2. The van der Waals surface area contributed by atoms with Crippen LogP contribution in [0.25, 0.3) is 22.3 Å². The number of alkyl carbamates (subject to hydrolysis) is 1. The second-order valence-electron chi connectivity index (χ2n) is 13.4. The van der Waals surface area contributed by atoms with Crippen LogP contribution in [-0.2, 0) is 16.0 Å². The zero-order chi connectivity index (χ0) is 31.9. The summed E-state index contributed by atoms with van der Waals surface area (Å²) in [5, 5.41) is 8.12. The lowest BCUT2D eigenvalue weighted by molar-refractivity contribution is 0.0553. The molecular weight excluding hydrogens is 560 g/mol. The molecule has 1 atom stereocenters. The van der Waals surface area contributed by atoms with Crippen molar-refractivity contribution >= 4 is 29.0 Å². The Kier molecular flexibility index (Phi) is 10.7. The summed E-state index contributed by atoms with van der Waals surface area (Å²) in [7, 11) is 0. The number of aliphatic imine (C=N–C) groups is 1. The number of aromatic nitrogens is 3. The third-order valence-corrected chi connectivity index (χ3v) is 7.24. The standard InChI is InChI=1S/C33H48N6O5/c1-8-9-10-11-12-13-19-38-21-18-23-16-17-24(22-26(23)38)27-34-28(44-37-27)25-15-14-20-39(25)29(35-30(40)42-32(2,3)4)36-31(41)43-33(5,6)7/h16-18,21-22,25H,8-15,19-20H2,1-7H3,(H,35,36,40,41)/t25-/m0/s1. The molecule has 4 rings (SSSR count). The van der Waals surface area contributed by atoms with E-state index in [4.69, 9.17) is 19.0 Å². The summed E-state index contributed by atoms with van der Waals surface area (Å²) in [4.78, 5) is 36.0. The Hall–Kier alpha value is -3.89. The molecule has 0 saturated carbocycles. The first-order valence-corrected chi connectivity index (χ1v) is 15.8. The van der Waals surface area contributed by atoms with Crippen molar-refractivity contribution in [3.8, 4) is 11.4 Å². The van der Waals surface area contributed by atoms with Crippen LogP contribution >= 0.6 is 0 Å². The van der Waals surface area contributed by atoms with Crippen LogP contribution in [0.5, 0.6) is 0 Å². The van der Waals surface area contributed by atoms with Crippen LogP contribution in [0.1, 0.15) is 112 Å². The van der Waals surface area contributed by atoms with Crippen molar-refractivity contribution < 1.29 is 23.6 Å². The van der Waals surface area contributed by atoms with Gasteiger partial charge in [-0.2, -0.15) is 4.98 Å². The zero-order valence-corrected chi connectivity index (χ0v) is 27.3. The van der Waals surface area contributed by atoms with E-state index in [0.717, 1.165) is 30.5 Å². The first kappa shape index (κ1) is 33.0. The number of hydrogen-bond acceptors (Lipinski definition) is 7. The first-order valence-electron chi connectivity index (χ1n) is 15.8. The molecule has 11 heteroatoms. The third-order valence-electron chi connectivity index (χ3n) is 7.24. The van der Waals surface area contributed by atoms with E-state index in [9.17, 15) is 9.59 Å². The molecule has 0 unspecified atom stereocenters. The second-order valence-corrected chi connectivity index (χ2v) is 13.4. The topological polar surface area (TPSA) is 124 Å². The lowest BCUT2D eigenvalue weighted by atomic mass is 10.1. The monoisotopic (exact) mass is 608 g/mol. The number of nitrogens with one attached hydrogen (secondary N) is 1. The highest BCUT2D eigenvalue weighted by molar-refractivity contribution is 5.99. The quantitative estimate of drug-likeness (QED) is 0.147. The number of benzene rings is 1. The van der Waals surface area contributed by atoms with Crippen LogP contribution in [0.4, 0.5) is 9.59 Å². The predicted octanol–water partition coefficient (Wildman–Crippen LogP) is 8.00. The molecule has 1 fully saturated rings. The molecule has 44 heavy (non-hydrogen) atoms. The Balaban J connectivity index is 1.53. The number of amides is 2. The van der Waals surface area contributed by atoms with E-state index in [0.29, 0.717) is 24.7 Å². The summed E-state index contributed by atoms with van der Waals surface area (Å²) in [6.45, 7) is 14.3. The summed E-state index contributed by atoms with van der Waals surface area (Å²) in [5.41, 5.74) is 0.509. The van der Waals surface area contributed by atoms with Gasteiger partial charge in [0.15, 0.2) is 0 Å². The molecule has 11 nitrogen and oxygen atoms in total. The van der Waals surface area contributed by atoms with E-state index in [1.54, 1.807) is 46.4 Å². The SMILES string of the molecule is CCCCCCCCn1ccc2ccc(-c3noc([C@@H]4CCCN4/C(=N\C(=O)OC(C)(C)C)NC(=O)OC(C)(C)C)n3)cc21. The molecule has 1 aliphatic heterocycles. The van der Waals surface area contributed by atoms with Gasteiger partial charge >= 0.3 is 12.2 Å². The van der Waals surface area contributed by atoms with E-state index < -0.39 is 29.4 Å². The van der Waals surface area contributed by atoms with E-state index in [2.05, 4.69) is 51.4 Å². The summed E-state index contributed by atoms with van der Waals surface area (Å²) in [6.07, 6.45) is 9.55. The van der Waals surface area contributed by atoms with Crippen LogP contribution in [-0.4, -0.2) is 55.5 Å². The summed E-state index contributed by atoms with van der Waals surface area (Å²) in [5.74, 6) is 0.874. The molecule has 1 aliphatic rings. The predicted molar refractivity (Wildman–Crippen MR) is 170 cm³/mol. The molecule has 1 saturated heterocycles. The summed E-state index contributed by atoms with van der Waals surface area (Å²) < 4.78 is 18.9. The van der Waals surface area contributed by atoms with Crippen LogP contribution in [0.3, 0.4) is 0 Å². The molecule has 3 aromatic rings. The highest BCUT2D eigenvalue weighted by atomic mass is 16.6. The molecule has 0 radical (unpaired) electrons. The van der Waals surface area contributed by atoms with Gasteiger partial charge in [-0.25, -0.2) is 9.59 Å². The number of unbranched alkanes of at least 4 members (excludes halogenated alkanes) is 5. The fraction of sp³-hybridized carbons (Fsp3) is 0.606. The minimum Gasteiger partial charge on any atom is -0.444 e. The normalized spacial score (nSPS) is 16.0. The van der Waals surface area contributed by atoms with Crippen molar-refractivity contribution in [1.29, 1.82) is 0 Å². The van der Waals surface area contributed by atoms with E-state index in [1.807, 2.05) is 6.07 Å². The number of hydrogen-bond donors (Lipinski definition) is 1. The second kappa shape index (κ2) is 14.3. The number of nitrogens with zero attached hydrogens (tertiary/aromatic N) is 5. The molecule has 2 aromatic heterocycles. The average Bonchev–Trinajstić information content (AvgIpc) is 3.67. The van der Waals surface area contributed by atoms with Gasteiger partial charge in [0.2, 0.25) is 17.7 Å². The lowest BCUT2D eigenvalue weighted by Gasteiger charge is -2.27. The number of ether oxygens (including phenoxy) is 2. The molecule has 1 aromatic carbocycles. The molecule has 0 spiro atoms. The fourth-order valence-electron chi connectivity index (χ4n) is 5.28. The zero-order valence-electron chi connectivity index (χ0n) is 27.3. The number of rotatable bonds is 9. The van der Waals surface area contributed by atoms with Crippen molar-refractivity contribution in [2.75, 3.05) is 6.54 Å². The number of likely N-dealkylation sites (tertiary alicyclic amines) is 1. The minimum atomic E-state index is -0.822.